The fraction of sp³-hybridized carbons (Fsp3) is 0.125. The summed E-state index contributed by atoms with van der Waals surface area (Å²) in [6.45, 7) is 0.483. The summed E-state index contributed by atoms with van der Waals surface area (Å²) in [5.74, 6) is -0.478. The van der Waals surface area contributed by atoms with Gasteiger partial charge in [0.25, 0.3) is 5.56 Å². The van der Waals surface area contributed by atoms with Crippen LogP contribution in [-0.4, -0.2) is 27.8 Å². The lowest BCUT2D eigenvalue weighted by Crippen LogP contribution is -2.28. The minimum absolute atomic E-state index is 0.0899. The molecule has 1 heterocycles. The van der Waals surface area contributed by atoms with Crippen molar-refractivity contribution in [3.05, 3.63) is 99.6 Å². The Morgan fingerprint density at radius 1 is 1.03 bits per heavy atom. The van der Waals surface area contributed by atoms with Crippen molar-refractivity contribution in [2.45, 2.75) is 11.6 Å². The zero-order chi connectivity index (χ0) is 22.5. The van der Waals surface area contributed by atoms with E-state index >= 15 is 0 Å². The molecule has 0 atom stereocenters. The Morgan fingerprint density at radius 3 is 2.50 bits per heavy atom. The Morgan fingerprint density at radius 2 is 1.75 bits per heavy atom. The number of halogens is 2. The van der Waals surface area contributed by atoms with Gasteiger partial charge in [-0.05, 0) is 60.5 Å². The van der Waals surface area contributed by atoms with Crippen LogP contribution in [0.4, 0.5) is 4.39 Å². The van der Waals surface area contributed by atoms with Gasteiger partial charge in [-0.3, -0.25) is 14.2 Å². The van der Waals surface area contributed by atoms with E-state index in [4.69, 9.17) is 11.6 Å². The normalized spacial score (nSPS) is 10.9. The first-order chi connectivity index (χ1) is 15.5. The van der Waals surface area contributed by atoms with E-state index in [9.17, 15) is 14.0 Å². The zero-order valence-corrected chi connectivity index (χ0v) is 18.5. The molecule has 0 aliphatic carbocycles. The van der Waals surface area contributed by atoms with Gasteiger partial charge in [0, 0.05) is 11.6 Å². The van der Waals surface area contributed by atoms with Crippen molar-refractivity contribution in [3.8, 4) is 5.69 Å². The van der Waals surface area contributed by atoms with Gasteiger partial charge in [0.1, 0.15) is 5.82 Å². The molecule has 3 aromatic carbocycles. The molecule has 0 unspecified atom stereocenters. The Hall–Kier alpha value is -3.16. The molecule has 1 amide bonds. The summed E-state index contributed by atoms with van der Waals surface area (Å²) in [7, 11) is 0. The van der Waals surface area contributed by atoms with Gasteiger partial charge in [0.05, 0.1) is 22.3 Å². The molecule has 0 spiro atoms. The Labute approximate surface area is 193 Å². The molecule has 5 nitrogen and oxygen atoms in total. The number of amides is 1. The maximum absolute atomic E-state index is 13.4. The highest BCUT2D eigenvalue weighted by Crippen LogP contribution is 2.21. The minimum Gasteiger partial charge on any atom is -0.355 e. The van der Waals surface area contributed by atoms with Crippen molar-refractivity contribution in [3.63, 3.8) is 0 Å². The number of nitrogens with one attached hydrogen (secondary N) is 1. The number of fused-ring (bicyclic) bond motifs is 1. The molecule has 0 fully saturated rings. The summed E-state index contributed by atoms with van der Waals surface area (Å²) in [4.78, 5) is 30.1. The summed E-state index contributed by atoms with van der Waals surface area (Å²) in [6.07, 6.45) is 0.683. The molecule has 1 N–H and O–H groups in total. The summed E-state index contributed by atoms with van der Waals surface area (Å²) in [5.41, 5.74) is 1.83. The number of carbonyl (C=O) groups is 1. The van der Waals surface area contributed by atoms with Crippen molar-refractivity contribution in [2.24, 2.45) is 0 Å². The molecule has 0 aliphatic heterocycles. The van der Waals surface area contributed by atoms with Crippen LogP contribution in [0.15, 0.2) is 82.7 Å². The molecule has 8 heteroatoms. The van der Waals surface area contributed by atoms with Crippen LogP contribution in [0.2, 0.25) is 5.02 Å². The Bertz CT molecular complexity index is 1310. The number of carbonyl (C=O) groups excluding carboxylic acids is 1. The maximum Gasteiger partial charge on any atom is 0.266 e. The number of aromatic nitrogens is 2. The molecule has 0 saturated carbocycles. The van der Waals surface area contributed by atoms with Gasteiger partial charge in [0.15, 0.2) is 5.16 Å². The zero-order valence-electron chi connectivity index (χ0n) is 16.9. The standard InChI is InChI=1S/C24H19ClFN3O2S/c25-17-7-5-16(6-8-17)13-14-27-22(30)15-32-24-28-21-4-2-1-3-20(21)23(31)29(24)19-11-9-18(26)10-12-19/h1-12H,13-15H2,(H,27,30). The second kappa shape index (κ2) is 9.97. The second-order valence-electron chi connectivity index (χ2n) is 7.04. The van der Waals surface area contributed by atoms with Crippen molar-refractivity contribution in [1.29, 1.82) is 0 Å². The van der Waals surface area contributed by atoms with E-state index in [1.54, 1.807) is 24.3 Å². The number of benzene rings is 3. The summed E-state index contributed by atoms with van der Waals surface area (Å²) >= 11 is 7.05. The molecule has 0 bridgehead atoms. The molecule has 0 saturated heterocycles. The molecule has 0 aliphatic rings. The van der Waals surface area contributed by atoms with E-state index in [2.05, 4.69) is 10.3 Å². The van der Waals surface area contributed by atoms with Gasteiger partial charge in [-0.25, -0.2) is 9.37 Å². The minimum atomic E-state index is -0.398. The number of hydrogen-bond donors (Lipinski definition) is 1. The monoisotopic (exact) mass is 467 g/mol. The quantitative estimate of drug-likeness (QED) is 0.318. The molecule has 4 aromatic rings. The largest absolute Gasteiger partial charge is 0.355 e. The first kappa shape index (κ1) is 22.0. The van der Waals surface area contributed by atoms with Crippen molar-refractivity contribution < 1.29 is 9.18 Å². The molecular formula is C24H19ClFN3O2S. The van der Waals surface area contributed by atoms with E-state index in [1.165, 1.54) is 28.8 Å². The Kier molecular flexibility index (Phi) is 6.87. The number of para-hydroxylation sites is 1. The third-order valence-corrected chi connectivity index (χ3v) is 6.00. The van der Waals surface area contributed by atoms with Crippen LogP contribution < -0.4 is 10.9 Å². The van der Waals surface area contributed by atoms with E-state index < -0.39 is 5.82 Å². The van der Waals surface area contributed by atoms with E-state index in [1.807, 2.05) is 24.3 Å². The predicted octanol–water partition coefficient (Wildman–Crippen LogP) is 4.63. The molecule has 1 aromatic heterocycles. The average Bonchev–Trinajstić information content (AvgIpc) is 2.80. The molecule has 32 heavy (non-hydrogen) atoms. The summed E-state index contributed by atoms with van der Waals surface area (Å²) < 4.78 is 14.8. The van der Waals surface area contributed by atoms with Gasteiger partial charge in [-0.2, -0.15) is 0 Å². The lowest BCUT2D eigenvalue weighted by atomic mass is 10.1. The SMILES string of the molecule is O=C(CSc1nc2ccccc2c(=O)n1-c1ccc(F)cc1)NCCc1ccc(Cl)cc1. The second-order valence-corrected chi connectivity index (χ2v) is 8.42. The molecule has 0 radical (unpaired) electrons. The molecule has 162 valence electrons. The topological polar surface area (TPSA) is 64.0 Å². The lowest BCUT2D eigenvalue weighted by molar-refractivity contribution is -0.118. The first-order valence-corrected chi connectivity index (χ1v) is 11.3. The first-order valence-electron chi connectivity index (χ1n) is 9.93. The van der Waals surface area contributed by atoms with Crippen LogP contribution in [-0.2, 0) is 11.2 Å². The van der Waals surface area contributed by atoms with E-state index in [0.717, 1.165) is 17.3 Å². The highest BCUT2D eigenvalue weighted by Gasteiger charge is 2.15. The highest BCUT2D eigenvalue weighted by molar-refractivity contribution is 7.99. The Balaban J connectivity index is 1.50. The van der Waals surface area contributed by atoms with Crippen LogP contribution in [0.5, 0.6) is 0 Å². The van der Waals surface area contributed by atoms with Crippen molar-refractivity contribution in [2.75, 3.05) is 12.3 Å². The lowest BCUT2D eigenvalue weighted by Gasteiger charge is -2.13. The van der Waals surface area contributed by atoms with Gasteiger partial charge < -0.3 is 5.32 Å². The number of hydrogen-bond acceptors (Lipinski definition) is 4. The van der Waals surface area contributed by atoms with Crippen LogP contribution in [0.3, 0.4) is 0 Å². The number of rotatable bonds is 7. The van der Waals surface area contributed by atoms with Gasteiger partial charge >= 0.3 is 0 Å². The fourth-order valence-electron chi connectivity index (χ4n) is 3.21. The van der Waals surface area contributed by atoms with Crippen LogP contribution in [0.1, 0.15) is 5.56 Å². The van der Waals surface area contributed by atoms with E-state index in [-0.39, 0.29) is 17.2 Å². The smallest absolute Gasteiger partial charge is 0.266 e. The summed E-state index contributed by atoms with van der Waals surface area (Å²) in [5, 5.41) is 4.37. The van der Waals surface area contributed by atoms with Gasteiger partial charge in [0.2, 0.25) is 5.91 Å². The third kappa shape index (κ3) is 5.18. The highest BCUT2D eigenvalue weighted by atomic mass is 35.5. The number of nitrogens with zero attached hydrogens (tertiary/aromatic N) is 2. The predicted molar refractivity (Wildman–Crippen MR) is 126 cm³/mol. The van der Waals surface area contributed by atoms with E-state index in [0.29, 0.717) is 39.7 Å². The van der Waals surface area contributed by atoms with Crippen LogP contribution >= 0.6 is 23.4 Å². The maximum atomic E-state index is 13.4. The van der Waals surface area contributed by atoms with Gasteiger partial charge in [-0.15, -0.1) is 0 Å². The van der Waals surface area contributed by atoms with Gasteiger partial charge in [-0.1, -0.05) is 47.6 Å². The van der Waals surface area contributed by atoms with Crippen LogP contribution in [0.25, 0.3) is 16.6 Å². The summed E-state index contributed by atoms with van der Waals surface area (Å²) in [6, 6.07) is 20.1. The third-order valence-electron chi connectivity index (χ3n) is 4.81. The molecule has 4 rings (SSSR count). The van der Waals surface area contributed by atoms with Crippen molar-refractivity contribution in [1.82, 2.24) is 14.9 Å². The van der Waals surface area contributed by atoms with Crippen LogP contribution in [0, 0.1) is 5.82 Å². The fourth-order valence-corrected chi connectivity index (χ4v) is 4.17. The van der Waals surface area contributed by atoms with Crippen molar-refractivity contribution >= 4 is 40.2 Å². The average molecular weight is 468 g/mol. The number of thioether (sulfide) groups is 1. The molecular weight excluding hydrogens is 449 g/mol.